The molecule has 2 rings (SSSR count). The van der Waals surface area contributed by atoms with Crippen molar-refractivity contribution in [3.8, 4) is 0 Å². The summed E-state index contributed by atoms with van der Waals surface area (Å²) in [6, 6.07) is 1.93. The molecule has 1 N–H and O–H groups in total. The van der Waals surface area contributed by atoms with Crippen molar-refractivity contribution in [2.75, 3.05) is 7.11 Å². The molecule has 0 spiro atoms. The highest BCUT2D eigenvalue weighted by Gasteiger charge is 2.30. The summed E-state index contributed by atoms with van der Waals surface area (Å²) < 4.78 is 5.12. The quantitative estimate of drug-likeness (QED) is 0.928. The molecule has 0 saturated heterocycles. The highest BCUT2D eigenvalue weighted by Crippen LogP contribution is 2.34. The summed E-state index contributed by atoms with van der Waals surface area (Å²) >= 11 is 3.08. The minimum Gasteiger partial charge on any atom is -0.379 e. The molecule has 2 aromatic rings. The van der Waals surface area contributed by atoms with Gasteiger partial charge >= 0.3 is 0 Å². The Morgan fingerprint density at radius 3 is 2.88 bits per heavy atom. The number of aromatic nitrogens is 1. The van der Waals surface area contributed by atoms with Gasteiger partial charge in [-0.2, -0.15) is 11.3 Å². The van der Waals surface area contributed by atoms with Crippen LogP contribution in [0.3, 0.4) is 0 Å². The Morgan fingerprint density at radius 2 is 2.29 bits per heavy atom. The molecule has 1 atom stereocenters. The first-order chi connectivity index (χ1) is 8.05. The van der Waals surface area contributed by atoms with Gasteiger partial charge in [0, 0.05) is 12.7 Å². The maximum Gasteiger partial charge on any atom is 0.139 e. The molecule has 5 heteroatoms. The van der Waals surface area contributed by atoms with E-state index in [1.807, 2.05) is 23.8 Å². The summed E-state index contributed by atoms with van der Waals surface area (Å²) in [5, 5.41) is 15.2. The number of hydrogen-bond acceptors (Lipinski definition) is 5. The Hall–Kier alpha value is -0.750. The van der Waals surface area contributed by atoms with Gasteiger partial charge in [-0.05, 0) is 30.7 Å². The van der Waals surface area contributed by atoms with Crippen molar-refractivity contribution in [3.05, 3.63) is 38.0 Å². The molecule has 0 radical (unpaired) electrons. The maximum absolute atomic E-state index is 10.6. The van der Waals surface area contributed by atoms with Crippen LogP contribution in [0.2, 0.25) is 0 Å². The first-order valence-corrected chi connectivity index (χ1v) is 7.02. The molecule has 2 heterocycles. The highest BCUT2D eigenvalue weighted by atomic mass is 32.1. The lowest BCUT2D eigenvalue weighted by molar-refractivity contribution is 0.102. The van der Waals surface area contributed by atoms with E-state index in [1.165, 1.54) is 11.3 Å². The predicted molar refractivity (Wildman–Crippen MR) is 70.6 cm³/mol. The number of aryl methyl sites for hydroxylation is 1. The average Bonchev–Trinajstić information content (AvgIpc) is 2.89. The number of hydrogen-bond donors (Lipinski definition) is 1. The zero-order valence-electron chi connectivity index (χ0n) is 10.1. The molecule has 0 aliphatic carbocycles. The lowest BCUT2D eigenvalue weighted by atomic mass is 10.0. The van der Waals surface area contributed by atoms with Gasteiger partial charge in [-0.1, -0.05) is 0 Å². The van der Waals surface area contributed by atoms with Crippen molar-refractivity contribution in [3.63, 3.8) is 0 Å². The molecule has 0 aliphatic heterocycles. The second-order valence-corrected chi connectivity index (χ2v) is 5.91. The molecular formula is C12H15NO2S2. The second kappa shape index (κ2) is 4.86. The average molecular weight is 269 g/mol. The molecule has 0 aromatic carbocycles. The fraction of sp³-hybridized carbons (Fsp3) is 0.417. The number of rotatable bonds is 4. The van der Waals surface area contributed by atoms with Crippen LogP contribution in [0, 0.1) is 6.92 Å². The topological polar surface area (TPSA) is 42.4 Å². The Kier molecular flexibility index (Phi) is 3.63. The molecule has 0 amide bonds. The first-order valence-electron chi connectivity index (χ1n) is 5.26. The van der Waals surface area contributed by atoms with Gasteiger partial charge in [-0.3, -0.25) is 0 Å². The van der Waals surface area contributed by atoms with Gasteiger partial charge in [0.1, 0.15) is 10.6 Å². The van der Waals surface area contributed by atoms with E-state index < -0.39 is 5.60 Å². The van der Waals surface area contributed by atoms with Crippen LogP contribution in [0.25, 0.3) is 0 Å². The molecule has 1 unspecified atom stereocenters. The van der Waals surface area contributed by atoms with Gasteiger partial charge in [0.05, 0.1) is 17.2 Å². The normalized spacial score (nSPS) is 14.8. The van der Waals surface area contributed by atoms with E-state index in [9.17, 15) is 5.11 Å². The van der Waals surface area contributed by atoms with Gasteiger partial charge < -0.3 is 9.84 Å². The number of nitrogens with zero attached hydrogens (tertiary/aromatic N) is 1. The van der Waals surface area contributed by atoms with Gasteiger partial charge in [0.25, 0.3) is 0 Å². The molecule has 0 fully saturated rings. The van der Waals surface area contributed by atoms with Crippen molar-refractivity contribution in [2.45, 2.75) is 26.1 Å². The van der Waals surface area contributed by atoms with Crippen LogP contribution < -0.4 is 0 Å². The maximum atomic E-state index is 10.6. The zero-order chi connectivity index (χ0) is 12.5. The van der Waals surface area contributed by atoms with Crippen LogP contribution in [0.15, 0.2) is 16.8 Å². The largest absolute Gasteiger partial charge is 0.379 e. The summed E-state index contributed by atoms with van der Waals surface area (Å²) in [4.78, 5) is 5.52. The van der Waals surface area contributed by atoms with Crippen molar-refractivity contribution < 1.29 is 9.84 Å². The summed E-state index contributed by atoms with van der Waals surface area (Å²) in [7, 11) is 1.66. The number of thiazole rings is 1. The third-order valence-corrected chi connectivity index (χ3v) is 4.69. The van der Waals surface area contributed by atoms with Crippen molar-refractivity contribution in [2.24, 2.45) is 0 Å². The predicted octanol–water partition coefficient (Wildman–Crippen LogP) is 2.92. The molecule has 17 heavy (non-hydrogen) atoms. The minimum atomic E-state index is -1.01. The lowest BCUT2D eigenvalue weighted by Crippen LogP contribution is -2.21. The van der Waals surface area contributed by atoms with Gasteiger partial charge in [-0.25, -0.2) is 4.98 Å². The van der Waals surface area contributed by atoms with Gasteiger partial charge in [0.2, 0.25) is 0 Å². The Labute approximate surface area is 109 Å². The van der Waals surface area contributed by atoms with Crippen LogP contribution in [-0.2, 0) is 16.9 Å². The SMILES string of the molecule is COCc1sc(C(C)(O)c2ccsc2)nc1C. The van der Waals surface area contributed by atoms with Crippen LogP contribution >= 0.6 is 22.7 Å². The highest BCUT2D eigenvalue weighted by molar-refractivity contribution is 7.12. The smallest absolute Gasteiger partial charge is 0.139 e. The standard InChI is InChI=1S/C12H15NO2S2/c1-8-10(6-15-3)17-11(13-8)12(2,14)9-4-5-16-7-9/h4-5,7,14H,6H2,1-3H3. The molecule has 0 bridgehead atoms. The van der Waals surface area contributed by atoms with Crippen molar-refractivity contribution in [1.82, 2.24) is 4.98 Å². The van der Waals surface area contributed by atoms with Crippen LogP contribution in [0.1, 0.15) is 28.1 Å². The molecule has 2 aromatic heterocycles. The molecule has 0 saturated carbocycles. The number of thiophene rings is 1. The summed E-state index contributed by atoms with van der Waals surface area (Å²) in [6.07, 6.45) is 0. The Morgan fingerprint density at radius 1 is 1.53 bits per heavy atom. The monoisotopic (exact) mass is 269 g/mol. The Balaban J connectivity index is 2.37. The van der Waals surface area contributed by atoms with E-state index in [0.29, 0.717) is 6.61 Å². The minimum absolute atomic E-state index is 0.545. The molecule has 0 aliphatic rings. The van der Waals surface area contributed by atoms with Crippen molar-refractivity contribution in [1.29, 1.82) is 0 Å². The summed E-state index contributed by atoms with van der Waals surface area (Å²) in [5.74, 6) is 0. The number of ether oxygens (including phenoxy) is 1. The van der Waals surface area contributed by atoms with Gasteiger partial charge in [0.15, 0.2) is 0 Å². The van der Waals surface area contributed by atoms with E-state index in [0.717, 1.165) is 21.1 Å². The zero-order valence-corrected chi connectivity index (χ0v) is 11.7. The lowest BCUT2D eigenvalue weighted by Gasteiger charge is -2.19. The van der Waals surface area contributed by atoms with E-state index in [1.54, 1.807) is 25.4 Å². The fourth-order valence-corrected chi connectivity index (χ4v) is 3.43. The number of aliphatic hydroxyl groups is 1. The van der Waals surface area contributed by atoms with E-state index in [4.69, 9.17) is 4.74 Å². The third kappa shape index (κ3) is 2.42. The molecule has 3 nitrogen and oxygen atoms in total. The third-order valence-electron chi connectivity index (χ3n) is 2.67. The fourth-order valence-electron chi connectivity index (χ4n) is 1.57. The van der Waals surface area contributed by atoms with Crippen molar-refractivity contribution >= 4 is 22.7 Å². The van der Waals surface area contributed by atoms with E-state index in [-0.39, 0.29) is 0 Å². The molecular weight excluding hydrogens is 254 g/mol. The summed E-state index contributed by atoms with van der Waals surface area (Å²) in [5.41, 5.74) is 0.809. The first kappa shape index (κ1) is 12.7. The Bertz CT molecular complexity index is 489. The van der Waals surface area contributed by atoms with Crippen LogP contribution in [0.5, 0.6) is 0 Å². The molecule has 92 valence electrons. The summed E-state index contributed by atoms with van der Waals surface area (Å²) in [6.45, 7) is 4.27. The van der Waals surface area contributed by atoms with E-state index in [2.05, 4.69) is 4.98 Å². The van der Waals surface area contributed by atoms with Crippen LogP contribution in [0.4, 0.5) is 0 Å². The van der Waals surface area contributed by atoms with Crippen LogP contribution in [-0.4, -0.2) is 17.2 Å². The number of methoxy groups -OCH3 is 1. The van der Waals surface area contributed by atoms with Gasteiger partial charge in [-0.15, -0.1) is 11.3 Å². The van der Waals surface area contributed by atoms with E-state index >= 15 is 0 Å². The second-order valence-electron chi connectivity index (χ2n) is 4.04.